The van der Waals surface area contributed by atoms with Crippen molar-refractivity contribution < 1.29 is 32.3 Å². The predicted octanol–water partition coefficient (Wildman–Crippen LogP) is 3.17. The Morgan fingerprint density at radius 3 is 2.64 bits per heavy atom. The van der Waals surface area contributed by atoms with Crippen molar-refractivity contribution in [3.63, 3.8) is 0 Å². The molecule has 3 unspecified atom stereocenters. The maximum Gasteiger partial charge on any atom is 0.310 e. The first-order valence-electron chi connectivity index (χ1n) is 12.2. The summed E-state index contributed by atoms with van der Waals surface area (Å²) in [5.74, 6) is 0.289. The first-order chi connectivity index (χ1) is 17.3. The number of benzene rings is 2. The van der Waals surface area contributed by atoms with E-state index in [0.29, 0.717) is 37.5 Å². The second-order valence-electron chi connectivity index (χ2n) is 9.00. The first kappa shape index (κ1) is 26.4. The van der Waals surface area contributed by atoms with E-state index in [-0.39, 0.29) is 25.7 Å². The fourth-order valence-electron chi connectivity index (χ4n) is 4.81. The largest absolute Gasteiger partial charge is 0.493 e. The van der Waals surface area contributed by atoms with Crippen molar-refractivity contribution in [3.8, 4) is 11.5 Å². The molecule has 196 valence electrons. The molecule has 2 aromatic rings. The maximum absolute atomic E-state index is 13.7. The zero-order chi connectivity index (χ0) is 25.7. The molecule has 0 aliphatic carbocycles. The minimum absolute atomic E-state index is 0.0264. The molecule has 0 radical (unpaired) electrons. The van der Waals surface area contributed by atoms with Crippen molar-refractivity contribution in [1.82, 2.24) is 9.37 Å². The monoisotopic (exact) mass is 518 g/mol. The number of rotatable bonds is 9. The van der Waals surface area contributed by atoms with Crippen molar-refractivity contribution >= 4 is 16.0 Å². The van der Waals surface area contributed by atoms with Gasteiger partial charge in [-0.05, 0) is 43.0 Å². The van der Waals surface area contributed by atoms with Gasteiger partial charge in [-0.15, -0.1) is 0 Å². The molecule has 2 aromatic carbocycles. The molecule has 2 aliphatic heterocycles. The van der Waals surface area contributed by atoms with Crippen LogP contribution in [-0.4, -0.2) is 69.5 Å². The lowest BCUT2D eigenvalue weighted by atomic mass is 10.0. The molecule has 2 saturated heterocycles. The average molecular weight is 519 g/mol. The quantitative estimate of drug-likeness (QED) is 0.468. The van der Waals surface area contributed by atoms with Crippen molar-refractivity contribution in [1.29, 1.82) is 0 Å². The van der Waals surface area contributed by atoms with Crippen LogP contribution in [0.25, 0.3) is 0 Å². The summed E-state index contributed by atoms with van der Waals surface area (Å²) in [5.41, 5.74) is 1.77. The van der Waals surface area contributed by atoms with Gasteiger partial charge in [-0.3, -0.25) is 9.63 Å². The highest BCUT2D eigenvalue weighted by atomic mass is 32.2. The van der Waals surface area contributed by atoms with E-state index in [9.17, 15) is 13.2 Å². The molecule has 2 fully saturated rings. The van der Waals surface area contributed by atoms with Gasteiger partial charge in [0.1, 0.15) is 11.9 Å². The Hall–Kier alpha value is -2.66. The van der Waals surface area contributed by atoms with Gasteiger partial charge >= 0.3 is 5.97 Å². The number of hydroxylamine groups is 2. The number of carbonyl (C=O) groups is 1. The highest BCUT2D eigenvalue weighted by Crippen LogP contribution is 2.39. The molecule has 36 heavy (non-hydrogen) atoms. The van der Waals surface area contributed by atoms with Crippen LogP contribution in [0.1, 0.15) is 36.9 Å². The summed E-state index contributed by atoms with van der Waals surface area (Å²) in [7, 11) is -0.480. The van der Waals surface area contributed by atoms with Gasteiger partial charge in [0.15, 0.2) is 11.5 Å². The van der Waals surface area contributed by atoms with E-state index in [0.717, 1.165) is 11.1 Å². The summed E-state index contributed by atoms with van der Waals surface area (Å²) < 4.78 is 45.6. The lowest BCUT2D eigenvalue weighted by Crippen LogP contribution is -2.48. The Kier molecular flexibility index (Phi) is 8.50. The van der Waals surface area contributed by atoms with Crippen LogP contribution in [0, 0.1) is 5.92 Å². The van der Waals surface area contributed by atoms with Crippen LogP contribution >= 0.6 is 0 Å². The van der Waals surface area contributed by atoms with Gasteiger partial charge in [0.05, 0.1) is 32.3 Å². The number of methoxy groups -OCH3 is 1. The van der Waals surface area contributed by atoms with Gasteiger partial charge < -0.3 is 14.2 Å². The molecule has 2 aliphatic rings. The van der Waals surface area contributed by atoms with E-state index in [2.05, 4.69) is 0 Å². The number of nitrogens with zero attached hydrogens (tertiary/aromatic N) is 2. The van der Waals surface area contributed by atoms with Crippen LogP contribution < -0.4 is 9.47 Å². The summed E-state index contributed by atoms with van der Waals surface area (Å²) in [5, 5.41) is 0.748. The van der Waals surface area contributed by atoms with E-state index in [1.807, 2.05) is 36.4 Å². The van der Waals surface area contributed by atoms with Crippen LogP contribution in [0.5, 0.6) is 11.5 Å². The van der Waals surface area contributed by atoms with Gasteiger partial charge in [0.25, 0.3) is 0 Å². The molecule has 0 bridgehead atoms. The second kappa shape index (κ2) is 11.6. The standard InChI is InChI=1S/C26H34N2O7S/c1-4-33-26(29)21-11-8-14-28(16-21)36(30,31)24-18-35-27(2)25(24)20-12-13-22(23(15-20)32-3)34-17-19-9-6-5-7-10-19/h5-7,9-10,12-13,15,21,24-25H,4,8,11,14,16-18H2,1-3H3. The Bertz CT molecular complexity index is 1140. The highest BCUT2D eigenvalue weighted by molar-refractivity contribution is 7.89. The fraction of sp³-hybridized carbons (Fsp3) is 0.500. The Morgan fingerprint density at radius 2 is 1.92 bits per heavy atom. The van der Waals surface area contributed by atoms with Gasteiger partial charge in [0, 0.05) is 20.1 Å². The number of sulfonamides is 1. The molecule has 10 heteroatoms. The zero-order valence-corrected chi connectivity index (χ0v) is 21.8. The van der Waals surface area contributed by atoms with Crippen molar-refractivity contribution in [2.45, 2.75) is 37.7 Å². The molecular weight excluding hydrogens is 484 g/mol. The molecule has 0 aromatic heterocycles. The van der Waals surface area contributed by atoms with Crippen LogP contribution in [0.15, 0.2) is 48.5 Å². The molecule has 0 spiro atoms. The number of piperidine rings is 1. The third-order valence-corrected chi connectivity index (χ3v) is 8.91. The average Bonchev–Trinajstić information content (AvgIpc) is 3.30. The molecule has 2 heterocycles. The van der Waals surface area contributed by atoms with Crippen molar-refractivity contribution in [2.24, 2.45) is 5.92 Å². The predicted molar refractivity (Wildman–Crippen MR) is 134 cm³/mol. The van der Waals surface area contributed by atoms with Crippen molar-refractivity contribution in [3.05, 3.63) is 59.7 Å². The minimum Gasteiger partial charge on any atom is -0.493 e. The third-order valence-electron chi connectivity index (χ3n) is 6.70. The summed E-state index contributed by atoms with van der Waals surface area (Å²) in [6, 6.07) is 14.7. The SMILES string of the molecule is CCOC(=O)C1CCCN(S(=O)(=O)C2CON(C)C2c2ccc(OCc3ccccc3)c(OC)c2)C1. The van der Waals surface area contributed by atoms with E-state index in [4.69, 9.17) is 19.0 Å². The summed E-state index contributed by atoms with van der Waals surface area (Å²) >= 11 is 0. The third kappa shape index (κ3) is 5.67. The Morgan fingerprint density at radius 1 is 1.14 bits per heavy atom. The maximum atomic E-state index is 13.7. The molecule has 0 saturated carbocycles. The normalized spacial score (nSPS) is 23.4. The van der Waals surface area contributed by atoms with Crippen LogP contribution in [0.3, 0.4) is 0 Å². The van der Waals surface area contributed by atoms with Gasteiger partial charge in [-0.1, -0.05) is 36.4 Å². The summed E-state index contributed by atoms with van der Waals surface area (Å²) in [4.78, 5) is 18.0. The molecular formula is C26H34N2O7S. The number of hydrogen-bond donors (Lipinski definition) is 0. The topological polar surface area (TPSA) is 94.6 Å². The van der Waals surface area contributed by atoms with Crippen LogP contribution in [0.4, 0.5) is 0 Å². The Labute approximate surface area is 212 Å². The molecule has 0 N–H and O–H groups in total. The van der Waals surface area contributed by atoms with E-state index < -0.39 is 27.2 Å². The zero-order valence-electron chi connectivity index (χ0n) is 21.0. The van der Waals surface area contributed by atoms with Gasteiger partial charge in [0.2, 0.25) is 10.0 Å². The number of carbonyl (C=O) groups excluding carboxylic acids is 1. The lowest BCUT2D eigenvalue weighted by molar-refractivity contribution is -0.149. The van der Waals surface area contributed by atoms with E-state index >= 15 is 0 Å². The van der Waals surface area contributed by atoms with Gasteiger partial charge in [-0.25, -0.2) is 12.7 Å². The Balaban J connectivity index is 1.54. The van der Waals surface area contributed by atoms with E-state index in [1.165, 1.54) is 4.31 Å². The van der Waals surface area contributed by atoms with Crippen LogP contribution in [-0.2, 0) is 31.0 Å². The smallest absolute Gasteiger partial charge is 0.310 e. The number of hydrogen-bond acceptors (Lipinski definition) is 8. The molecule has 9 nitrogen and oxygen atoms in total. The van der Waals surface area contributed by atoms with Gasteiger partial charge in [-0.2, -0.15) is 5.06 Å². The second-order valence-corrected chi connectivity index (χ2v) is 11.2. The summed E-state index contributed by atoms with van der Waals surface area (Å²) in [6.07, 6.45) is 1.23. The molecule has 4 rings (SSSR count). The minimum atomic E-state index is -3.76. The number of esters is 1. The fourth-order valence-corrected chi connectivity index (χ4v) is 6.85. The first-order valence-corrected chi connectivity index (χ1v) is 13.7. The van der Waals surface area contributed by atoms with Crippen molar-refractivity contribution in [2.75, 3.05) is 40.5 Å². The molecule has 0 amide bonds. The highest BCUT2D eigenvalue weighted by Gasteiger charge is 2.47. The summed E-state index contributed by atoms with van der Waals surface area (Å²) in [6.45, 7) is 2.94. The molecule has 3 atom stereocenters. The van der Waals surface area contributed by atoms with E-state index in [1.54, 1.807) is 38.3 Å². The number of ether oxygens (including phenoxy) is 3. The van der Waals surface area contributed by atoms with Crippen LogP contribution in [0.2, 0.25) is 0 Å². The lowest BCUT2D eigenvalue weighted by Gasteiger charge is -2.34.